The molecule has 1 amide bonds. The molecular formula is C21H24F2N2O. The average molecular weight is 358 g/mol. The van der Waals surface area contributed by atoms with E-state index in [1.165, 1.54) is 24.3 Å². The van der Waals surface area contributed by atoms with Gasteiger partial charge in [-0.3, -0.25) is 9.69 Å². The van der Waals surface area contributed by atoms with Gasteiger partial charge in [0.15, 0.2) is 0 Å². The molecule has 1 fully saturated rings. The minimum absolute atomic E-state index is 0.0488. The molecule has 1 saturated heterocycles. The van der Waals surface area contributed by atoms with Gasteiger partial charge in [-0.15, -0.1) is 0 Å². The molecule has 1 heterocycles. The van der Waals surface area contributed by atoms with Crippen molar-refractivity contribution in [1.29, 1.82) is 0 Å². The number of carbonyl (C=O) groups is 1. The number of likely N-dealkylation sites (tertiary alicyclic amines) is 1. The van der Waals surface area contributed by atoms with Crippen molar-refractivity contribution in [1.82, 2.24) is 10.2 Å². The average Bonchev–Trinajstić information content (AvgIpc) is 2.66. The summed E-state index contributed by atoms with van der Waals surface area (Å²) in [5.74, 6) is -0.309. The Morgan fingerprint density at radius 3 is 2.04 bits per heavy atom. The van der Waals surface area contributed by atoms with E-state index in [-0.39, 0.29) is 23.5 Å². The van der Waals surface area contributed by atoms with Crippen LogP contribution in [0.3, 0.4) is 0 Å². The molecule has 2 aromatic carbocycles. The molecule has 5 heteroatoms. The summed E-state index contributed by atoms with van der Waals surface area (Å²) in [6, 6.07) is 13.0. The fourth-order valence-corrected chi connectivity index (χ4v) is 3.33. The van der Waals surface area contributed by atoms with E-state index < -0.39 is 0 Å². The van der Waals surface area contributed by atoms with Crippen molar-refractivity contribution in [2.75, 3.05) is 19.6 Å². The zero-order valence-corrected chi connectivity index (χ0v) is 14.8. The normalized spacial score (nSPS) is 15.8. The predicted molar refractivity (Wildman–Crippen MR) is 97.5 cm³/mol. The largest absolute Gasteiger partial charge is 0.356 e. The first-order valence-corrected chi connectivity index (χ1v) is 9.09. The highest BCUT2D eigenvalue weighted by Crippen LogP contribution is 2.19. The molecular weight excluding hydrogens is 334 g/mol. The zero-order valence-electron chi connectivity index (χ0n) is 14.8. The maximum absolute atomic E-state index is 13.0. The molecule has 0 aromatic heterocycles. The fourth-order valence-electron chi connectivity index (χ4n) is 3.33. The lowest BCUT2D eigenvalue weighted by atomic mass is 9.95. The Balaban J connectivity index is 1.37. The molecule has 138 valence electrons. The molecule has 0 atom stereocenters. The van der Waals surface area contributed by atoms with Gasteiger partial charge in [0, 0.05) is 19.0 Å². The van der Waals surface area contributed by atoms with Crippen LogP contribution in [0.25, 0.3) is 0 Å². The lowest BCUT2D eigenvalue weighted by Crippen LogP contribution is -2.40. The van der Waals surface area contributed by atoms with Gasteiger partial charge in [0.25, 0.3) is 0 Å². The molecule has 1 aliphatic heterocycles. The maximum Gasteiger partial charge on any atom is 0.223 e. The lowest BCUT2D eigenvalue weighted by molar-refractivity contribution is -0.126. The summed E-state index contributed by atoms with van der Waals surface area (Å²) >= 11 is 0. The highest BCUT2D eigenvalue weighted by Gasteiger charge is 2.24. The Hall–Kier alpha value is -2.27. The number of hydrogen-bond donors (Lipinski definition) is 1. The van der Waals surface area contributed by atoms with E-state index in [4.69, 9.17) is 0 Å². The van der Waals surface area contributed by atoms with Crippen molar-refractivity contribution in [3.05, 3.63) is 71.3 Å². The first-order chi connectivity index (χ1) is 12.6. The van der Waals surface area contributed by atoms with Crippen LogP contribution in [0, 0.1) is 17.6 Å². The number of carbonyl (C=O) groups excluding carboxylic acids is 1. The number of hydrogen-bond acceptors (Lipinski definition) is 2. The van der Waals surface area contributed by atoms with Crippen molar-refractivity contribution in [2.24, 2.45) is 5.92 Å². The van der Waals surface area contributed by atoms with Crippen LogP contribution in [0.1, 0.15) is 24.0 Å². The zero-order chi connectivity index (χ0) is 18.4. The Kier molecular flexibility index (Phi) is 6.34. The molecule has 0 aliphatic carbocycles. The van der Waals surface area contributed by atoms with E-state index >= 15 is 0 Å². The van der Waals surface area contributed by atoms with Gasteiger partial charge in [-0.25, -0.2) is 8.78 Å². The SMILES string of the molecule is O=C(NCCc1ccc(F)cc1)C1CCN(Cc2ccc(F)cc2)CC1. The van der Waals surface area contributed by atoms with Crippen molar-refractivity contribution in [3.8, 4) is 0 Å². The smallest absolute Gasteiger partial charge is 0.223 e. The minimum atomic E-state index is -0.245. The van der Waals surface area contributed by atoms with Crippen LogP contribution in [0.5, 0.6) is 0 Å². The molecule has 3 nitrogen and oxygen atoms in total. The van der Waals surface area contributed by atoms with Gasteiger partial charge >= 0.3 is 0 Å². The van der Waals surface area contributed by atoms with Gasteiger partial charge in [0.05, 0.1) is 0 Å². The molecule has 26 heavy (non-hydrogen) atoms. The summed E-state index contributed by atoms with van der Waals surface area (Å²) in [5.41, 5.74) is 2.11. The standard InChI is InChI=1S/C21H24F2N2O/c22-19-5-1-16(2-6-19)9-12-24-21(26)18-10-13-25(14-11-18)15-17-3-7-20(23)8-4-17/h1-8,18H,9-15H2,(H,24,26). The molecule has 0 saturated carbocycles. The molecule has 0 radical (unpaired) electrons. The molecule has 0 spiro atoms. The number of piperidine rings is 1. The van der Waals surface area contributed by atoms with E-state index in [9.17, 15) is 13.6 Å². The fraction of sp³-hybridized carbons (Fsp3) is 0.381. The van der Waals surface area contributed by atoms with Gasteiger partial charge in [-0.05, 0) is 67.7 Å². The number of halogens is 2. The molecule has 3 rings (SSSR count). The van der Waals surface area contributed by atoms with Crippen LogP contribution in [0.4, 0.5) is 8.78 Å². The van der Waals surface area contributed by atoms with Crippen LogP contribution in [0.15, 0.2) is 48.5 Å². The van der Waals surface area contributed by atoms with Crippen LogP contribution < -0.4 is 5.32 Å². The highest BCUT2D eigenvalue weighted by molar-refractivity contribution is 5.78. The molecule has 0 unspecified atom stereocenters. The third-order valence-corrected chi connectivity index (χ3v) is 4.90. The topological polar surface area (TPSA) is 32.3 Å². The number of benzene rings is 2. The highest BCUT2D eigenvalue weighted by atomic mass is 19.1. The molecule has 1 aliphatic rings. The summed E-state index contributed by atoms with van der Waals surface area (Å²) in [5, 5.41) is 2.99. The van der Waals surface area contributed by atoms with E-state index in [0.29, 0.717) is 13.0 Å². The second kappa shape index (κ2) is 8.90. The number of nitrogens with one attached hydrogen (secondary N) is 1. The van der Waals surface area contributed by atoms with E-state index in [0.717, 1.165) is 43.6 Å². The number of amides is 1. The maximum atomic E-state index is 13.0. The van der Waals surface area contributed by atoms with Crippen molar-refractivity contribution >= 4 is 5.91 Å². The summed E-state index contributed by atoms with van der Waals surface area (Å²) in [6.07, 6.45) is 2.38. The summed E-state index contributed by atoms with van der Waals surface area (Å²) in [4.78, 5) is 14.6. The van der Waals surface area contributed by atoms with Gasteiger partial charge in [0.1, 0.15) is 11.6 Å². The summed E-state index contributed by atoms with van der Waals surface area (Å²) < 4.78 is 25.8. The Morgan fingerprint density at radius 2 is 1.46 bits per heavy atom. The van der Waals surface area contributed by atoms with Crippen LogP contribution >= 0.6 is 0 Å². The van der Waals surface area contributed by atoms with Crippen LogP contribution in [-0.2, 0) is 17.8 Å². The third-order valence-electron chi connectivity index (χ3n) is 4.90. The first kappa shape index (κ1) is 18.5. The third kappa shape index (κ3) is 5.36. The van der Waals surface area contributed by atoms with Gasteiger partial charge in [-0.1, -0.05) is 24.3 Å². The Morgan fingerprint density at radius 1 is 0.923 bits per heavy atom. The monoisotopic (exact) mass is 358 g/mol. The second-order valence-corrected chi connectivity index (χ2v) is 6.84. The molecule has 2 aromatic rings. The van der Waals surface area contributed by atoms with E-state index in [1.807, 2.05) is 12.1 Å². The molecule has 0 bridgehead atoms. The van der Waals surface area contributed by atoms with Crippen molar-refractivity contribution in [2.45, 2.75) is 25.8 Å². The summed E-state index contributed by atoms with van der Waals surface area (Å²) in [7, 11) is 0. The Labute approximate surface area is 153 Å². The Bertz CT molecular complexity index is 708. The van der Waals surface area contributed by atoms with Crippen molar-refractivity contribution < 1.29 is 13.6 Å². The lowest BCUT2D eigenvalue weighted by Gasteiger charge is -2.31. The van der Waals surface area contributed by atoms with Crippen molar-refractivity contribution in [3.63, 3.8) is 0 Å². The first-order valence-electron chi connectivity index (χ1n) is 9.09. The summed E-state index contributed by atoms with van der Waals surface area (Å²) in [6.45, 7) is 3.10. The van der Waals surface area contributed by atoms with E-state index in [2.05, 4.69) is 10.2 Å². The second-order valence-electron chi connectivity index (χ2n) is 6.84. The number of rotatable bonds is 6. The van der Waals surface area contributed by atoms with Gasteiger partial charge < -0.3 is 5.32 Å². The number of nitrogens with zero attached hydrogens (tertiary/aromatic N) is 1. The van der Waals surface area contributed by atoms with E-state index in [1.54, 1.807) is 12.1 Å². The predicted octanol–water partition coefficient (Wildman–Crippen LogP) is 3.54. The minimum Gasteiger partial charge on any atom is -0.356 e. The van der Waals surface area contributed by atoms with Crippen LogP contribution in [0.2, 0.25) is 0 Å². The quantitative estimate of drug-likeness (QED) is 0.857. The van der Waals surface area contributed by atoms with Gasteiger partial charge in [0.2, 0.25) is 5.91 Å². The van der Waals surface area contributed by atoms with Gasteiger partial charge in [-0.2, -0.15) is 0 Å². The molecule has 1 N–H and O–H groups in total. The van der Waals surface area contributed by atoms with Crippen LogP contribution in [-0.4, -0.2) is 30.4 Å².